The number of methoxy groups -OCH3 is 1. The lowest BCUT2D eigenvalue weighted by atomic mass is 10.1. The third kappa shape index (κ3) is 5.18. The van der Waals surface area contributed by atoms with E-state index < -0.39 is 15.9 Å². The number of nitrogens with zero attached hydrogens (tertiary/aromatic N) is 1. The molecule has 176 valence electrons. The van der Waals surface area contributed by atoms with Gasteiger partial charge in [0, 0.05) is 30.4 Å². The van der Waals surface area contributed by atoms with Crippen LogP contribution in [0.1, 0.15) is 28.8 Å². The first-order valence-electron chi connectivity index (χ1n) is 10.8. The van der Waals surface area contributed by atoms with Gasteiger partial charge in [0.25, 0.3) is 5.91 Å². The van der Waals surface area contributed by atoms with Gasteiger partial charge in [-0.2, -0.15) is 4.31 Å². The molecule has 0 aromatic heterocycles. The van der Waals surface area contributed by atoms with Gasteiger partial charge in [0.1, 0.15) is 5.75 Å². The van der Waals surface area contributed by atoms with Gasteiger partial charge in [-0.05, 0) is 55.7 Å². The molecule has 33 heavy (non-hydrogen) atoms. The first-order chi connectivity index (χ1) is 15.8. The summed E-state index contributed by atoms with van der Waals surface area (Å²) < 4.78 is 38.0. The van der Waals surface area contributed by atoms with Crippen LogP contribution in [0.2, 0.25) is 0 Å². The molecule has 1 heterocycles. The number of morpholine rings is 1. The van der Waals surface area contributed by atoms with E-state index in [1.807, 2.05) is 6.92 Å². The monoisotopic (exact) mass is 473 g/mol. The van der Waals surface area contributed by atoms with Crippen molar-refractivity contribution >= 4 is 33.2 Å². The van der Waals surface area contributed by atoms with E-state index in [2.05, 4.69) is 10.6 Å². The Kier molecular flexibility index (Phi) is 6.68. The normalized spacial score (nSPS) is 16.8. The van der Waals surface area contributed by atoms with Crippen molar-refractivity contribution in [1.82, 2.24) is 4.31 Å². The highest BCUT2D eigenvalue weighted by Crippen LogP contribution is 2.31. The first-order valence-corrected chi connectivity index (χ1v) is 12.2. The van der Waals surface area contributed by atoms with Gasteiger partial charge in [-0.1, -0.05) is 6.07 Å². The number of carbonyl (C=O) groups is 2. The number of benzene rings is 2. The Morgan fingerprint density at radius 2 is 1.79 bits per heavy atom. The second-order valence-corrected chi connectivity index (χ2v) is 10.1. The third-order valence-corrected chi connectivity index (χ3v) is 7.62. The molecule has 2 fully saturated rings. The fourth-order valence-corrected chi connectivity index (χ4v) is 5.01. The SMILES string of the molecule is COc1ccc(S(=O)(=O)N2CCOCC2)cc1C(=O)Nc1cc(NC(=O)C2CC2)ccc1C. The topological polar surface area (TPSA) is 114 Å². The maximum Gasteiger partial charge on any atom is 0.259 e. The van der Waals surface area contributed by atoms with Crippen LogP contribution in [0.5, 0.6) is 5.75 Å². The summed E-state index contributed by atoms with van der Waals surface area (Å²) in [6.07, 6.45) is 1.79. The van der Waals surface area contributed by atoms with E-state index >= 15 is 0 Å². The van der Waals surface area contributed by atoms with Gasteiger partial charge in [0.15, 0.2) is 0 Å². The highest BCUT2D eigenvalue weighted by molar-refractivity contribution is 7.89. The second-order valence-electron chi connectivity index (χ2n) is 8.13. The maximum atomic E-state index is 13.1. The lowest BCUT2D eigenvalue weighted by molar-refractivity contribution is -0.117. The molecular weight excluding hydrogens is 446 g/mol. The Morgan fingerprint density at radius 1 is 1.06 bits per heavy atom. The minimum atomic E-state index is -3.78. The van der Waals surface area contributed by atoms with E-state index in [1.54, 1.807) is 18.2 Å². The molecule has 2 aromatic carbocycles. The van der Waals surface area contributed by atoms with Crippen LogP contribution in [0.3, 0.4) is 0 Å². The van der Waals surface area contributed by atoms with E-state index in [0.29, 0.717) is 24.6 Å². The smallest absolute Gasteiger partial charge is 0.259 e. The fourth-order valence-electron chi connectivity index (χ4n) is 3.57. The lowest BCUT2D eigenvalue weighted by Crippen LogP contribution is -2.40. The van der Waals surface area contributed by atoms with Gasteiger partial charge >= 0.3 is 0 Å². The Labute approximate surface area is 193 Å². The van der Waals surface area contributed by atoms with Gasteiger partial charge in [-0.25, -0.2) is 8.42 Å². The van der Waals surface area contributed by atoms with Crippen LogP contribution in [0.25, 0.3) is 0 Å². The summed E-state index contributed by atoms with van der Waals surface area (Å²) in [5.41, 5.74) is 1.99. The first kappa shape index (κ1) is 23.2. The van der Waals surface area contributed by atoms with Gasteiger partial charge in [-0.3, -0.25) is 9.59 Å². The Hall–Kier alpha value is -2.95. The lowest BCUT2D eigenvalue weighted by Gasteiger charge is -2.26. The van der Waals surface area contributed by atoms with Crippen LogP contribution < -0.4 is 15.4 Å². The van der Waals surface area contributed by atoms with E-state index in [1.165, 1.54) is 29.6 Å². The molecule has 0 radical (unpaired) electrons. The molecule has 2 aromatic rings. The van der Waals surface area contributed by atoms with Gasteiger partial charge in [0.05, 0.1) is 30.8 Å². The van der Waals surface area contributed by atoms with Crippen LogP contribution in [0.4, 0.5) is 11.4 Å². The molecule has 4 rings (SSSR count). The molecule has 1 aliphatic heterocycles. The summed E-state index contributed by atoms with van der Waals surface area (Å²) in [6, 6.07) is 9.50. The summed E-state index contributed by atoms with van der Waals surface area (Å²) >= 11 is 0. The zero-order chi connectivity index (χ0) is 23.6. The number of amides is 2. The predicted molar refractivity (Wildman–Crippen MR) is 123 cm³/mol. The fraction of sp³-hybridized carbons (Fsp3) is 0.391. The van der Waals surface area contributed by atoms with Crippen molar-refractivity contribution in [2.75, 3.05) is 44.0 Å². The van der Waals surface area contributed by atoms with Crippen molar-refractivity contribution in [3.63, 3.8) is 0 Å². The summed E-state index contributed by atoms with van der Waals surface area (Å²) in [7, 11) is -2.36. The molecular formula is C23H27N3O6S. The molecule has 0 spiro atoms. The van der Waals surface area contributed by atoms with E-state index in [4.69, 9.17) is 9.47 Å². The zero-order valence-electron chi connectivity index (χ0n) is 18.6. The van der Waals surface area contributed by atoms with Gasteiger partial charge in [0.2, 0.25) is 15.9 Å². The molecule has 0 bridgehead atoms. The molecule has 1 saturated heterocycles. The second kappa shape index (κ2) is 9.50. The molecule has 1 saturated carbocycles. The van der Waals surface area contributed by atoms with Crippen LogP contribution in [-0.4, -0.2) is 58.0 Å². The van der Waals surface area contributed by atoms with E-state index in [-0.39, 0.29) is 41.1 Å². The van der Waals surface area contributed by atoms with Crippen molar-refractivity contribution < 1.29 is 27.5 Å². The Balaban J connectivity index is 1.58. The number of carbonyl (C=O) groups excluding carboxylic acids is 2. The molecule has 1 aliphatic carbocycles. The number of rotatable bonds is 7. The predicted octanol–water partition coefficient (Wildman–Crippen LogP) is 2.63. The van der Waals surface area contributed by atoms with Crippen molar-refractivity contribution in [3.05, 3.63) is 47.5 Å². The highest BCUT2D eigenvalue weighted by atomic mass is 32.2. The summed E-state index contributed by atoms with van der Waals surface area (Å²) in [4.78, 5) is 25.2. The zero-order valence-corrected chi connectivity index (χ0v) is 19.4. The number of hydrogen-bond acceptors (Lipinski definition) is 6. The number of nitrogens with one attached hydrogen (secondary N) is 2. The molecule has 10 heteroatoms. The average molecular weight is 474 g/mol. The van der Waals surface area contributed by atoms with E-state index in [9.17, 15) is 18.0 Å². The van der Waals surface area contributed by atoms with Crippen LogP contribution in [0.15, 0.2) is 41.3 Å². The quantitative estimate of drug-likeness (QED) is 0.639. The number of ether oxygens (including phenoxy) is 2. The number of hydrogen-bond donors (Lipinski definition) is 2. The minimum absolute atomic E-state index is 0.0116. The third-order valence-electron chi connectivity index (χ3n) is 5.72. The molecule has 0 unspecified atom stereocenters. The Bertz CT molecular complexity index is 1170. The van der Waals surface area contributed by atoms with Crippen molar-refractivity contribution in [2.45, 2.75) is 24.7 Å². The number of anilines is 2. The van der Waals surface area contributed by atoms with Crippen LogP contribution in [-0.2, 0) is 19.6 Å². The number of sulfonamides is 1. The summed E-state index contributed by atoms with van der Waals surface area (Å²) in [6.45, 7) is 3.01. The minimum Gasteiger partial charge on any atom is -0.496 e. The molecule has 2 amide bonds. The average Bonchev–Trinajstić information content (AvgIpc) is 3.67. The van der Waals surface area contributed by atoms with Crippen molar-refractivity contribution in [3.8, 4) is 5.75 Å². The van der Waals surface area contributed by atoms with Crippen LogP contribution in [0, 0.1) is 12.8 Å². The summed E-state index contributed by atoms with van der Waals surface area (Å²) in [5, 5.41) is 5.68. The molecule has 0 atom stereocenters. The van der Waals surface area contributed by atoms with Crippen molar-refractivity contribution in [1.29, 1.82) is 0 Å². The van der Waals surface area contributed by atoms with E-state index in [0.717, 1.165) is 18.4 Å². The highest BCUT2D eigenvalue weighted by Gasteiger charge is 2.30. The number of aryl methyl sites for hydroxylation is 1. The maximum absolute atomic E-state index is 13.1. The molecule has 2 aliphatic rings. The standard InChI is InChI=1S/C23H27N3O6S/c1-15-3-6-17(24-22(27)16-4-5-16)13-20(15)25-23(28)19-14-18(7-8-21(19)31-2)33(29,30)26-9-11-32-12-10-26/h3,6-8,13-14,16H,4-5,9-12H2,1-2H3,(H,24,27)(H,25,28). The summed E-state index contributed by atoms with van der Waals surface area (Å²) in [5.74, 6) is -0.229. The largest absolute Gasteiger partial charge is 0.496 e. The Morgan fingerprint density at radius 3 is 2.45 bits per heavy atom. The van der Waals surface area contributed by atoms with Gasteiger partial charge in [-0.15, -0.1) is 0 Å². The van der Waals surface area contributed by atoms with Gasteiger partial charge < -0.3 is 20.1 Å². The van der Waals surface area contributed by atoms with Crippen molar-refractivity contribution in [2.24, 2.45) is 5.92 Å². The van der Waals surface area contributed by atoms with Crippen LogP contribution >= 0.6 is 0 Å². The molecule has 9 nitrogen and oxygen atoms in total. The molecule has 2 N–H and O–H groups in total.